The summed E-state index contributed by atoms with van der Waals surface area (Å²) in [7, 11) is 0. The van der Waals surface area contributed by atoms with Crippen molar-refractivity contribution in [3.8, 4) is 0 Å². The molecule has 0 unspecified atom stereocenters. The number of nitrogens with one attached hydrogen (secondary N) is 1. The first-order valence-electron chi connectivity index (χ1n) is 13.2. The molecule has 7 rings (SSSR count). The van der Waals surface area contributed by atoms with Gasteiger partial charge in [0.05, 0.1) is 17.2 Å². The molecular weight excluding hydrogens is 556 g/mol. The third-order valence-corrected chi connectivity index (χ3v) is 8.67. The van der Waals surface area contributed by atoms with Crippen LogP contribution in [0.1, 0.15) is 49.4 Å². The fourth-order valence-corrected chi connectivity index (χ4v) is 6.83. The molecule has 2 heterocycles. The van der Waals surface area contributed by atoms with Gasteiger partial charge in [0, 0.05) is 39.9 Å². The maximum Gasteiger partial charge on any atom is 0.269 e. The van der Waals surface area contributed by atoms with E-state index in [2.05, 4.69) is 10.4 Å². The Balaban J connectivity index is 1.48. The Labute approximate surface area is 244 Å². The first kappa shape index (κ1) is 25.8. The molecule has 0 radical (unpaired) electrons. The van der Waals surface area contributed by atoms with E-state index < -0.39 is 45.8 Å². The minimum absolute atomic E-state index is 0.151. The van der Waals surface area contributed by atoms with E-state index >= 15 is 0 Å². The van der Waals surface area contributed by atoms with Crippen molar-refractivity contribution in [2.45, 2.75) is 18.0 Å². The van der Waals surface area contributed by atoms with Crippen molar-refractivity contribution in [2.75, 3.05) is 5.32 Å². The molecule has 9 nitrogen and oxygen atoms in total. The Kier molecular flexibility index (Phi) is 5.81. The zero-order valence-corrected chi connectivity index (χ0v) is 22.6. The predicted molar refractivity (Wildman–Crippen MR) is 156 cm³/mol. The van der Waals surface area contributed by atoms with Crippen molar-refractivity contribution < 1.29 is 19.3 Å². The summed E-state index contributed by atoms with van der Waals surface area (Å²) in [4.78, 5) is 54.5. The van der Waals surface area contributed by atoms with Crippen LogP contribution in [0, 0.1) is 15.5 Å². The van der Waals surface area contributed by atoms with Gasteiger partial charge in [0.25, 0.3) is 5.69 Å². The van der Waals surface area contributed by atoms with Crippen LogP contribution in [0.25, 0.3) is 0 Å². The number of carbonyl (C=O) groups excluding carboxylic acids is 3. The molecule has 10 heteroatoms. The molecule has 42 heavy (non-hydrogen) atoms. The van der Waals surface area contributed by atoms with Gasteiger partial charge < -0.3 is 5.32 Å². The van der Waals surface area contributed by atoms with Gasteiger partial charge in [-0.25, -0.2) is 0 Å². The molecule has 0 saturated carbocycles. The highest BCUT2D eigenvalue weighted by Gasteiger charge is 2.72. The minimum atomic E-state index is -1.77. The Bertz CT molecular complexity index is 1800. The van der Waals surface area contributed by atoms with Crippen LogP contribution in [0.5, 0.6) is 0 Å². The second kappa shape index (κ2) is 9.46. The first-order valence-corrected chi connectivity index (χ1v) is 13.6. The molecule has 4 aromatic carbocycles. The second-order valence-corrected chi connectivity index (χ2v) is 10.9. The molecule has 1 fully saturated rings. The van der Waals surface area contributed by atoms with Crippen molar-refractivity contribution in [3.05, 3.63) is 140 Å². The number of hydrazone groups is 1. The van der Waals surface area contributed by atoms with E-state index in [-0.39, 0.29) is 16.8 Å². The average Bonchev–Trinajstić information content (AvgIpc) is 3.44. The lowest BCUT2D eigenvalue weighted by atomic mass is 9.63. The number of halogens is 1. The fraction of sp³-hybridized carbons (Fsp3) is 0.125. The Hall–Kier alpha value is -5.15. The first-order chi connectivity index (χ1) is 20.3. The number of ketones is 2. The van der Waals surface area contributed by atoms with Crippen molar-refractivity contribution in [1.82, 2.24) is 5.01 Å². The zero-order valence-electron chi connectivity index (χ0n) is 21.8. The van der Waals surface area contributed by atoms with Crippen LogP contribution in [0.15, 0.2) is 102 Å². The molecule has 2 aliphatic heterocycles. The summed E-state index contributed by atoms with van der Waals surface area (Å²) in [5.41, 5.74) is 0.968. The van der Waals surface area contributed by atoms with Gasteiger partial charge in [-0.3, -0.25) is 29.5 Å². The summed E-state index contributed by atoms with van der Waals surface area (Å²) in [5, 5.41) is 21.1. The summed E-state index contributed by atoms with van der Waals surface area (Å²) in [6.45, 7) is 0. The number of amides is 1. The fourth-order valence-electron chi connectivity index (χ4n) is 6.70. The number of nitro benzene ring substituents is 1. The highest BCUT2D eigenvalue weighted by Crippen LogP contribution is 2.64. The van der Waals surface area contributed by atoms with Crippen LogP contribution in [0.3, 0.4) is 0 Å². The smallest absolute Gasteiger partial charge is 0.269 e. The lowest BCUT2D eigenvalue weighted by molar-refractivity contribution is -0.384. The Morgan fingerprint density at radius 3 is 2.14 bits per heavy atom. The van der Waals surface area contributed by atoms with Gasteiger partial charge in [0.2, 0.25) is 5.91 Å². The van der Waals surface area contributed by atoms with E-state index in [4.69, 9.17) is 11.6 Å². The summed E-state index contributed by atoms with van der Waals surface area (Å²) < 4.78 is 0. The number of non-ortho nitro benzene ring substituents is 1. The van der Waals surface area contributed by atoms with Crippen molar-refractivity contribution in [3.63, 3.8) is 0 Å². The number of fused-ring (bicyclic) bond motifs is 5. The van der Waals surface area contributed by atoms with Crippen LogP contribution in [0.4, 0.5) is 11.4 Å². The number of nitrogens with zero attached hydrogens (tertiary/aromatic N) is 3. The summed E-state index contributed by atoms with van der Waals surface area (Å²) >= 11 is 6.05. The molecule has 1 aliphatic carbocycles. The monoisotopic (exact) mass is 576 g/mol. The Morgan fingerprint density at radius 1 is 0.881 bits per heavy atom. The SMILES string of the molecule is O=C(Nc1ccc(Cl)cc1)[C@@H]1[C@@H](c2ccc([N+](=O)[O-])cc2)C2(C(=O)c3ccccc3C2=O)[C@H]2c3ccccc3C=NN12. The van der Waals surface area contributed by atoms with Gasteiger partial charge in [-0.2, -0.15) is 5.10 Å². The van der Waals surface area contributed by atoms with Crippen molar-refractivity contribution in [2.24, 2.45) is 10.5 Å². The molecule has 3 atom stereocenters. The summed E-state index contributed by atoms with van der Waals surface area (Å²) in [6.07, 6.45) is 1.62. The molecule has 4 aromatic rings. The van der Waals surface area contributed by atoms with E-state index in [0.717, 1.165) is 5.56 Å². The predicted octanol–water partition coefficient (Wildman–Crippen LogP) is 5.81. The number of benzene rings is 4. The molecule has 1 saturated heterocycles. The third-order valence-electron chi connectivity index (χ3n) is 8.42. The second-order valence-electron chi connectivity index (χ2n) is 10.5. The van der Waals surface area contributed by atoms with E-state index in [1.807, 2.05) is 24.3 Å². The van der Waals surface area contributed by atoms with Gasteiger partial charge in [0.1, 0.15) is 11.5 Å². The molecule has 0 aromatic heterocycles. The topological polar surface area (TPSA) is 122 Å². The van der Waals surface area contributed by atoms with Gasteiger partial charge in [-0.1, -0.05) is 72.3 Å². The van der Waals surface area contributed by atoms with Gasteiger partial charge in [-0.15, -0.1) is 0 Å². The van der Waals surface area contributed by atoms with E-state index in [1.165, 1.54) is 24.3 Å². The number of rotatable bonds is 4. The number of hydrogen-bond acceptors (Lipinski definition) is 7. The molecule has 1 spiro atoms. The number of hydrogen-bond donors (Lipinski definition) is 1. The van der Waals surface area contributed by atoms with E-state index in [9.17, 15) is 24.5 Å². The normalized spacial score (nSPS) is 21.2. The lowest BCUT2D eigenvalue weighted by Crippen LogP contribution is -2.44. The largest absolute Gasteiger partial charge is 0.324 e. The average molecular weight is 577 g/mol. The molecule has 0 bridgehead atoms. The highest BCUT2D eigenvalue weighted by molar-refractivity contribution is 6.31. The zero-order chi connectivity index (χ0) is 29.2. The van der Waals surface area contributed by atoms with Crippen LogP contribution < -0.4 is 5.32 Å². The van der Waals surface area contributed by atoms with Gasteiger partial charge in [-0.05, 0) is 41.0 Å². The molecule has 1 amide bonds. The number of anilines is 1. The number of Topliss-reactive ketones (excluding diaryl/α,β-unsaturated/α-hetero) is 2. The van der Waals surface area contributed by atoms with Crippen molar-refractivity contribution >= 4 is 46.7 Å². The Morgan fingerprint density at radius 2 is 1.50 bits per heavy atom. The summed E-state index contributed by atoms with van der Waals surface area (Å²) in [6, 6.07) is 24.2. The van der Waals surface area contributed by atoms with Crippen molar-refractivity contribution in [1.29, 1.82) is 0 Å². The molecular formula is C32H21ClN4O5. The summed E-state index contributed by atoms with van der Waals surface area (Å²) in [5.74, 6) is -2.34. The van der Waals surface area contributed by atoms with Crippen LogP contribution in [0.2, 0.25) is 5.02 Å². The van der Waals surface area contributed by atoms with Crippen LogP contribution in [-0.2, 0) is 4.79 Å². The van der Waals surface area contributed by atoms with Gasteiger partial charge >= 0.3 is 0 Å². The van der Waals surface area contributed by atoms with E-state index in [1.54, 1.807) is 59.8 Å². The lowest BCUT2D eigenvalue weighted by Gasteiger charge is -2.36. The third kappa shape index (κ3) is 3.56. The van der Waals surface area contributed by atoms with Gasteiger partial charge in [0.15, 0.2) is 11.6 Å². The number of carbonyl (C=O) groups is 3. The quantitative estimate of drug-likeness (QED) is 0.186. The number of nitro groups is 1. The maximum absolute atomic E-state index is 14.7. The van der Waals surface area contributed by atoms with Crippen LogP contribution >= 0.6 is 11.6 Å². The standard InChI is InChI=1S/C32H21ClN4O5/c33-20-11-13-21(14-12-20)35-31(40)27-26(18-9-15-22(16-10-18)37(41)42)32(29(38)24-7-3-4-8-25(24)30(32)39)28-23-6-2-1-5-19(23)17-34-36(27)28/h1-17,26-28H,(H,35,40)/t26-,27+,28-/m1/s1. The maximum atomic E-state index is 14.7. The van der Waals surface area contributed by atoms with Crippen LogP contribution in [-0.4, -0.2) is 39.7 Å². The molecule has 3 aliphatic rings. The van der Waals surface area contributed by atoms with E-state index in [0.29, 0.717) is 21.8 Å². The highest BCUT2D eigenvalue weighted by atomic mass is 35.5. The minimum Gasteiger partial charge on any atom is -0.324 e. The molecule has 1 N–H and O–H groups in total. The molecule has 206 valence electrons.